The standard InChI is InChI=1S/C3H5NO.CH2O.Mg.H2O4S/c1-2-5-3-4-1;1-2;;1-5(2,3)4/h3H,1-2H2;1H2;;(H2,1,2,3,4)/q;;+2;/p-2. The average molecular weight is 221 g/mol. The number of ether oxygens (including phenoxy) is 1. The Kier molecular flexibility index (Phi) is 16.8. The first-order chi connectivity index (χ1) is 5.50. The number of hydrogen-bond donors (Lipinski definition) is 0. The summed E-state index contributed by atoms with van der Waals surface area (Å²) in [6.07, 6.45) is 1.49. The molecule has 0 aromatic rings. The van der Waals surface area contributed by atoms with E-state index in [4.69, 9.17) is 22.3 Å². The molecular weight excluding hydrogens is 214 g/mol. The number of rotatable bonds is 0. The van der Waals surface area contributed by atoms with Crippen LogP contribution in [0, 0.1) is 0 Å². The van der Waals surface area contributed by atoms with Crippen LogP contribution in [0.4, 0.5) is 0 Å². The molecule has 1 aliphatic rings. The van der Waals surface area contributed by atoms with E-state index in [2.05, 4.69) is 9.73 Å². The maximum absolute atomic E-state index is 8.52. The van der Waals surface area contributed by atoms with E-state index in [9.17, 15) is 0 Å². The van der Waals surface area contributed by atoms with Crippen molar-refractivity contribution in [3.05, 3.63) is 0 Å². The van der Waals surface area contributed by atoms with Crippen LogP contribution in [0.25, 0.3) is 0 Å². The summed E-state index contributed by atoms with van der Waals surface area (Å²) in [5, 5.41) is 0. The van der Waals surface area contributed by atoms with Gasteiger partial charge in [-0.15, -0.1) is 0 Å². The van der Waals surface area contributed by atoms with Crippen LogP contribution in [0.3, 0.4) is 0 Å². The van der Waals surface area contributed by atoms with E-state index in [1.807, 2.05) is 6.79 Å². The van der Waals surface area contributed by atoms with Gasteiger partial charge in [0.05, 0.1) is 6.54 Å². The summed E-state index contributed by atoms with van der Waals surface area (Å²) in [6.45, 7) is 3.62. The van der Waals surface area contributed by atoms with Crippen LogP contribution in [-0.4, -0.2) is 66.9 Å². The Hall–Kier alpha value is -0.224. The molecule has 1 aliphatic heterocycles. The molecule has 1 rings (SSSR count). The Morgan fingerprint density at radius 2 is 1.77 bits per heavy atom. The van der Waals surface area contributed by atoms with Gasteiger partial charge in [0.1, 0.15) is 13.4 Å². The topological polar surface area (TPSA) is 119 Å². The predicted octanol–water partition coefficient (Wildman–Crippen LogP) is -1.86. The maximum atomic E-state index is 8.52. The van der Waals surface area contributed by atoms with Gasteiger partial charge in [-0.2, -0.15) is 0 Å². The molecular formula is C4H7MgNO6S. The summed E-state index contributed by atoms with van der Waals surface area (Å²) in [6, 6.07) is 0. The van der Waals surface area contributed by atoms with Gasteiger partial charge in [0.2, 0.25) is 0 Å². The SMILES string of the molecule is C1=NCCO1.C=O.O=S(=O)([O-])[O-].[Mg+2]. The van der Waals surface area contributed by atoms with E-state index in [0.717, 1.165) is 13.2 Å². The van der Waals surface area contributed by atoms with Gasteiger partial charge < -0.3 is 18.6 Å². The van der Waals surface area contributed by atoms with Crippen LogP contribution < -0.4 is 0 Å². The van der Waals surface area contributed by atoms with Crippen molar-refractivity contribution < 1.29 is 27.1 Å². The van der Waals surface area contributed by atoms with Gasteiger partial charge in [-0.05, 0) is 0 Å². The molecule has 0 amide bonds. The minimum absolute atomic E-state index is 0. The van der Waals surface area contributed by atoms with Crippen LogP contribution >= 0.6 is 0 Å². The van der Waals surface area contributed by atoms with Gasteiger partial charge in [-0.1, -0.05) is 0 Å². The molecule has 1 heterocycles. The minimum Gasteiger partial charge on any atom is -0.759 e. The molecule has 0 saturated carbocycles. The van der Waals surface area contributed by atoms with Crippen molar-refractivity contribution in [2.45, 2.75) is 0 Å². The van der Waals surface area contributed by atoms with Crippen molar-refractivity contribution in [3.8, 4) is 0 Å². The molecule has 0 unspecified atom stereocenters. The van der Waals surface area contributed by atoms with E-state index >= 15 is 0 Å². The third-order valence-electron chi connectivity index (χ3n) is 0.487. The number of carbonyl (C=O) groups is 1. The van der Waals surface area contributed by atoms with Gasteiger partial charge in [0.25, 0.3) is 0 Å². The average Bonchev–Trinajstić information content (AvgIpc) is 2.41. The monoisotopic (exact) mass is 221 g/mol. The third-order valence-corrected chi connectivity index (χ3v) is 0.487. The summed E-state index contributed by atoms with van der Waals surface area (Å²) in [5.41, 5.74) is 0. The molecule has 0 aromatic carbocycles. The van der Waals surface area contributed by atoms with Crippen molar-refractivity contribution in [2.75, 3.05) is 13.2 Å². The number of hydrogen-bond acceptors (Lipinski definition) is 7. The molecule has 0 saturated heterocycles. The van der Waals surface area contributed by atoms with Crippen LogP contribution in [0.15, 0.2) is 4.99 Å². The van der Waals surface area contributed by atoms with Crippen molar-refractivity contribution in [2.24, 2.45) is 4.99 Å². The second kappa shape index (κ2) is 11.8. The van der Waals surface area contributed by atoms with Crippen molar-refractivity contribution in [1.29, 1.82) is 0 Å². The number of nitrogens with zero attached hydrogens (tertiary/aromatic N) is 1. The van der Waals surface area contributed by atoms with Gasteiger partial charge in [-0.3, -0.25) is 13.4 Å². The first-order valence-corrected chi connectivity index (χ1v) is 3.89. The molecule has 0 N–H and O–H groups in total. The summed E-state index contributed by atoms with van der Waals surface area (Å²) in [4.78, 5) is 11.7. The quantitative estimate of drug-likeness (QED) is 0.269. The Labute approximate surface area is 91.9 Å². The summed E-state index contributed by atoms with van der Waals surface area (Å²) in [7, 11) is -5.17. The summed E-state index contributed by atoms with van der Waals surface area (Å²) in [5.74, 6) is 0. The van der Waals surface area contributed by atoms with Gasteiger partial charge in [-0.25, -0.2) is 0 Å². The maximum Gasteiger partial charge on any atom is 2.00 e. The van der Waals surface area contributed by atoms with Crippen molar-refractivity contribution >= 4 is 46.6 Å². The van der Waals surface area contributed by atoms with Crippen LogP contribution in [0.1, 0.15) is 0 Å². The Balaban J connectivity index is -0.000000122. The fourth-order valence-electron chi connectivity index (χ4n) is 0.264. The Morgan fingerprint density at radius 1 is 1.38 bits per heavy atom. The van der Waals surface area contributed by atoms with Crippen molar-refractivity contribution in [3.63, 3.8) is 0 Å². The molecule has 0 aliphatic carbocycles. The molecule has 0 fully saturated rings. The fourth-order valence-corrected chi connectivity index (χ4v) is 0.264. The largest absolute Gasteiger partial charge is 2.00 e. The van der Waals surface area contributed by atoms with E-state index in [-0.39, 0.29) is 23.1 Å². The fraction of sp³-hybridized carbons (Fsp3) is 0.500. The molecule has 0 aromatic heterocycles. The molecule has 0 bridgehead atoms. The first-order valence-electron chi connectivity index (χ1n) is 2.55. The summed E-state index contributed by atoms with van der Waals surface area (Å²) >= 11 is 0. The predicted molar refractivity (Wildman–Crippen MR) is 42.7 cm³/mol. The van der Waals surface area contributed by atoms with Crippen molar-refractivity contribution in [1.82, 2.24) is 0 Å². The first kappa shape index (κ1) is 18.5. The molecule has 0 spiro atoms. The molecule has 72 valence electrons. The summed E-state index contributed by atoms with van der Waals surface area (Å²) < 4.78 is 38.7. The second-order valence-electron chi connectivity index (χ2n) is 1.29. The van der Waals surface area contributed by atoms with E-state index in [1.54, 1.807) is 0 Å². The van der Waals surface area contributed by atoms with Crippen LogP contribution in [-0.2, 0) is 19.9 Å². The third kappa shape index (κ3) is 49.3. The molecule has 0 atom stereocenters. The Morgan fingerprint density at radius 3 is 1.85 bits per heavy atom. The Bertz CT molecular complexity index is 201. The smallest absolute Gasteiger partial charge is 0.759 e. The van der Waals surface area contributed by atoms with E-state index < -0.39 is 10.4 Å². The van der Waals surface area contributed by atoms with Gasteiger partial charge in [0.15, 0.2) is 6.40 Å². The number of carbonyl (C=O) groups excluding carboxylic acids is 1. The van der Waals surface area contributed by atoms with Crippen LogP contribution in [0.5, 0.6) is 0 Å². The number of aliphatic imine (C=N–C) groups is 1. The normalized spacial score (nSPS) is 12.2. The zero-order chi connectivity index (χ0) is 10.0. The molecule has 0 radical (unpaired) electrons. The zero-order valence-electron chi connectivity index (χ0n) is 6.71. The molecule has 13 heavy (non-hydrogen) atoms. The second-order valence-corrected chi connectivity index (χ2v) is 2.11. The van der Waals surface area contributed by atoms with Crippen LogP contribution in [0.2, 0.25) is 0 Å². The molecule has 9 heteroatoms. The van der Waals surface area contributed by atoms with Gasteiger partial charge in [0, 0.05) is 10.4 Å². The van der Waals surface area contributed by atoms with E-state index in [1.165, 1.54) is 6.40 Å². The zero-order valence-corrected chi connectivity index (χ0v) is 8.94. The minimum atomic E-state index is -5.17. The van der Waals surface area contributed by atoms with E-state index in [0.29, 0.717) is 0 Å². The van der Waals surface area contributed by atoms with Gasteiger partial charge >= 0.3 is 23.1 Å². The molecule has 7 nitrogen and oxygen atoms in total.